The molecule has 5 rings (SSSR count). The average Bonchev–Trinajstić information content (AvgIpc) is 3.56. The zero-order valence-electron chi connectivity index (χ0n) is 17.9. The normalized spacial score (nSPS) is 13.2. The van der Waals surface area contributed by atoms with Crippen molar-refractivity contribution in [3.05, 3.63) is 42.6 Å². The molecule has 164 valence electrons. The van der Waals surface area contributed by atoms with E-state index >= 15 is 0 Å². The second-order valence-corrected chi connectivity index (χ2v) is 7.78. The molecule has 32 heavy (non-hydrogen) atoms. The molecule has 0 amide bonds. The van der Waals surface area contributed by atoms with E-state index in [2.05, 4.69) is 9.71 Å². The predicted molar refractivity (Wildman–Crippen MR) is 124 cm³/mol. The van der Waals surface area contributed by atoms with Crippen LogP contribution in [0.5, 0.6) is 17.4 Å². The monoisotopic (exact) mass is 450 g/mol. The van der Waals surface area contributed by atoms with E-state index < -0.39 is 0 Å². The Labute approximate surface area is 189 Å². The lowest BCUT2D eigenvalue weighted by atomic mass is 10.2. The molecule has 1 aliphatic carbocycles. The van der Waals surface area contributed by atoms with Crippen LogP contribution >= 0.6 is 11.9 Å². The Bertz CT molecular complexity index is 1250. The summed E-state index contributed by atoms with van der Waals surface area (Å²) in [6.07, 6.45) is 5.94. The molecule has 1 saturated carbocycles. The first-order valence-corrected chi connectivity index (χ1v) is 11.3. The van der Waals surface area contributed by atoms with E-state index in [-0.39, 0.29) is 6.10 Å². The number of anilines is 1. The Morgan fingerprint density at radius 3 is 2.44 bits per heavy atom. The van der Waals surface area contributed by atoms with E-state index in [4.69, 9.17) is 29.2 Å². The third kappa shape index (κ3) is 3.77. The minimum absolute atomic E-state index is 0.245. The van der Waals surface area contributed by atoms with E-state index in [9.17, 15) is 0 Å². The number of methoxy groups -OCH3 is 2. The fourth-order valence-electron chi connectivity index (χ4n) is 3.40. The first-order valence-electron chi connectivity index (χ1n) is 10.1. The molecule has 0 unspecified atom stereocenters. The summed E-state index contributed by atoms with van der Waals surface area (Å²) in [6.45, 7) is 0. The van der Waals surface area contributed by atoms with Crippen LogP contribution in [0.1, 0.15) is 12.8 Å². The van der Waals surface area contributed by atoms with Crippen LogP contribution in [0.15, 0.2) is 42.6 Å². The predicted octanol–water partition coefficient (Wildman–Crippen LogP) is 4.13. The van der Waals surface area contributed by atoms with Crippen LogP contribution in [0, 0.1) is 0 Å². The second-order valence-electron chi connectivity index (χ2n) is 7.17. The Morgan fingerprint density at radius 2 is 1.75 bits per heavy atom. The maximum Gasteiger partial charge on any atom is 0.214 e. The van der Waals surface area contributed by atoms with Crippen molar-refractivity contribution in [3.63, 3.8) is 0 Å². The fourth-order valence-corrected chi connectivity index (χ4v) is 3.71. The van der Waals surface area contributed by atoms with Gasteiger partial charge in [0.2, 0.25) is 5.88 Å². The van der Waals surface area contributed by atoms with Gasteiger partial charge in [0.15, 0.2) is 22.9 Å². The minimum atomic E-state index is 0.245. The average molecular weight is 451 g/mol. The van der Waals surface area contributed by atoms with Crippen molar-refractivity contribution in [2.75, 3.05) is 25.2 Å². The summed E-state index contributed by atoms with van der Waals surface area (Å²) in [5.41, 5.74) is 2.34. The number of nitrogens with one attached hydrogen (secondary N) is 1. The Morgan fingerprint density at radius 1 is 1.00 bits per heavy atom. The second kappa shape index (κ2) is 8.54. The highest BCUT2D eigenvalue weighted by Gasteiger charge is 2.26. The zero-order chi connectivity index (χ0) is 22.1. The molecule has 1 aliphatic rings. The Hall–Kier alpha value is -3.53. The summed E-state index contributed by atoms with van der Waals surface area (Å²) < 4.78 is 22.2. The van der Waals surface area contributed by atoms with Crippen molar-refractivity contribution in [2.45, 2.75) is 18.9 Å². The minimum Gasteiger partial charge on any atom is -0.494 e. The third-order valence-electron chi connectivity index (χ3n) is 4.97. The van der Waals surface area contributed by atoms with Gasteiger partial charge in [0.05, 0.1) is 20.4 Å². The highest BCUT2D eigenvalue weighted by Crippen LogP contribution is 2.38. The number of pyridine rings is 1. The molecule has 10 heteroatoms. The van der Waals surface area contributed by atoms with Crippen LogP contribution in [-0.4, -0.2) is 51.1 Å². The number of hydrogen-bond donors (Lipinski definition) is 1. The van der Waals surface area contributed by atoms with E-state index in [1.165, 1.54) is 11.9 Å². The molecule has 3 heterocycles. The van der Waals surface area contributed by atoms with Crippen LogP contribution in [0.25, 0.3) is 28.5 Å². The standard InChI is InChI=1S/C22H22N6O3S/c1-29-15-7-5-8-16(30-2)19(15)28-21(14-6-4-9-18(24-14)31-13-10-11-13)26-20-22(28)25-17(12-23-20)27-32-3/h4-9,12-13H,10-11H2,1-3H3,(H,25,27). The van der Waals surface area contributed by atoms with Crippen molar-refractivity contribution < 1.29 is 14.2 Å². The lowest BCUT2D eigenvalue weighted by molar-refractivity contribution is 0.291. The summed E-state index contributed by atoms with van der Waals surface area (Å²) in [7, 11) is 3.23. The van der Waals surface area contributed by atoms with Gasteiger partial charge in [-0.1, -0.05) is 24.1 Å². The molecule has 0 atom stereocenters. The molecule has 0 radical (unpaired) electrons. The van der Waals surface area contributed by atoms with Gasteiger partial charge in [-0.15, -0.1) is 0 Å². The molecular weight excluding hydrogens is 428 g/mol. The summed E-state index contributed by atoms with van der Waals surface area (Å²) >= 11 is 1.44. The lowest BCUT2D eigenvalue weighted by Crippen LogP contribution is -2.06. The number of aromatic nitrogens is 5. The van der Waals surface area contributed by atoms with Gasteiger partial charge in [0, 0.05) is 12.3 Å². The first-order chi connectivity index (χ1) is 15.7. The van der Waals surface area contributed by atoms with Crippen molar-refractivity contribution in [1.82, 2.24) is 24.5 Å². The highest BCUT2D eigenvalue weighted by atomic mass is 32.2. The molecule has 0 saturated heterocycles. The molecule has 0 aliphatic heterocycles. The van der Waals surface area contributed by atoms with E-state index in [0.717, 1.165) is 12.8 Å². The quantitative estimate of drug-likeness (QED) is 0.398. The van der Waals surface area contributed by atoms with Gasteiger partial charge < -0.3 is 18.9 Å². The molecule has 4 aromatic rings. The zero-order valence-corrected chi connectivity index (χ0v) is 18.7. The van der Waals surface area contributed by atoms with Crippen LogP contribution in [-0.2, 0) is 0 Å². The number of imidazole rings is 1. The smallest absolute Gasteiger partial charge is 0.214 e. The van der Waals surface area contributed by atoms with Crippen LogP contribution in [0.3, 0.4) is 0 Å². The van der Waals surface area contributed by atoms with E-state index in [1.54, 1.807) is 20.4 Å². The number of ether oxygens (including phenoxy) is 3. The maximum atomic E-state index is 5.91. The largest absolute Gasteiger partial charge is 0.494 e. The molecule has 1 aromatic carbocycles. The summed E-state index contributed by atoms with van der Waals surface area (Å²) in [5.74, 6) is 2.97. The molecule has 0 bridgehead atoms. The molecule has 0 spiro atoms. The van der Waals surface area contributed by atoms with Gasteiger partial charge in [-0.25, -0.2) is 19.9 Å². The summed E-state index contributed by atoms with van der Waals surface area (Å²) in [6, 6.07) is 11.3. The number of rotatable bonds is 8. The summed E-state index contributed by atoms with van der Waals surface area (Å²) in [4.78, 5) is 18.8. The topological polar surface area (TPSA) is 96.2 Å². The Balaban J connectivity index is 1.77. The third-order valence-corrected chi connectivity index (χ3v) is 5.38. The van der Waals surface area contributed by atoms with Gasteiger partial charge in [-0.3, -0.25) is 4.57 Å². The van der Waals surface area contributed by atoms with Gasteiger partial charge in [-0.2, -0.15) is 0 Å². The van der Waals surface area contributed by atoms with Crippen molar-refractivity contribution in [2.24, 2.45) is 0 Å². The van der Waals surface area contributed by atoms with Gasteiger partial charge in [0.25, 0.3) is 0 Å². The number of fused-ring (bicyclic) bond motifs is 1. The molecule has 1 N–H and O–H groups in total. The SMILES string of the molecule is COc1cccc(OC)c1-n1c(-c2cccc(OC3CC3)n2)nc2ncc(NSC)nc21. The van der Waals surface area contributed by atoms with Gasteiger partial charge >= 0.3 is 0 Å². The van der Waals surface area contributed by atoms with Gasteiger partial charge in [0.1, 0.15) is 29.0 Å². The van der Waals surface area contributed by atoms with Crippen LogP contribution in [0.4, 0.5) is 5.82 Å². The number of para-hydroxylation sites is 1. The fraction of sp³-hybridized carbons (Fsp3) is 0.273. The van der Waals surface area contributed by atoms with E-state index in [1.807, 2.05) is 47.2 Å². The highest BCUT2D eigenvalue weighted by molar-refractivity contribution is 7.99. The maximum absolute atomic E-state index is 5.91. The number of benzene rings is 1. The van der Waals surface area contributed by atoms with Crippen LogP contribution in [0.2, 0.25) is 0 Å². The number of nitrogens with zero attached hydrogens (tertiary/aromatic N) is 5. The van der Waals surface area contributed by atoms with Gasteiger partial charge in [-0.05, 0) is 31.0 Å². The van der Waals surface area contributed by atoms with Crippen molar-refractivity contribution >= 4 is 29.1 Å². The molecule has 9 nitrogen and oxygen atoms in total. The molecule has 3 aromatic heterocycles. The van der Waals surface area contributed by atoms with Crippen molar-refractivity contribution in [3.8, 4) is 34.6 Å². The van der Waals surface area contributed by atoms with Crippen molar-refractivity contribution in [1.29, 1.82) is 0 Å². The lowest BCUT2D eigenvalue weighted by Gasteiger charge is -2.16. The summed E-state index contributed by atoms with van der Waals surface area (Å²) in [5, 5.41) is 0. The first kappa shape index (κ1) is 20.4. The van der Waals surface area contributed by atoms with E-state index in [0.29, 0.717) is 51.7 Å². The Kier molecular flexibility index (Phi) is 5.44. The van der Waals surface area contributed by atoms with Crippen LogP contribution < -0.4 is 18.9 Å². The number of hydrogen-bond acceptors (Lipinski definition) is 9. The molecular formula is C22H22N6O3S. The molecule has 1 fully saturated rings.